The summed E-state index contributed by atoms with van der Waals surface area (Å²) in [6.45, 7) is 2.68. The van der Waals surface area contributed by atoms with Crippen LogP contribution in [0.25, 0.3) is 0 Å². The fraction of sp³-hybridized carbons (Fsp3) is 0.600. The van der Waals surface area contributed by atoms with Gasteiger partial charge in [-0.3, -0.25) is 25.5 Å². The van der Waals surface area contributed by atoms with Crippen LogP contribution in [-0.2, 0) is 11.3 Å². The van der Waals surface area contributed by atoms with Gasteiger partial charge in [0.15, 0.2) is 0 Å². The maximum atomic E-state index is 12.0. The van der Waals surface area contributed by atoms with Gasteiger partial charge >= 0.3 is 0 Å². The molecule has 2 saturated heterocycles. The molecule has 3 rings (SSSR count). The molecule has 0 aliphatic carbocycles. The van der Waals surface area contributed by atoms with Gasteiger partial charge in [0.2, 0.25) is 5.91 Å². The van der Waals surface area contributed by atoms with E-state index in [1.807, 2.05) is 12.3 Å². The molecule has 6 heteroatoms. The van der Waals surface area contributed by atoms with E-state index in [9.17, 15) is 4.79 Å². The summed E-state index contributed by atoms with van der Waals surface area (Å²) in [4.78, 5) is 18.7. The summed E-state index contributed by atoms with van der Waals surface area (Å²) in [5.74, 6) is 0.111. The van der Waals surface area contributed by atoms with Crippen molar-refractivity contribution >= 4 is 5.91 Å². The topological polar surface area (TPSA) is 69.3 Å². The maximum Gasteiger partial charge on any atom is 0.225 e. The molecule has 2 aliphatic rings. The number of hydrogen-bond donors (Lipinski definition) is 3. The van der Waals surface area contributed by atoms with Crippen molar-refractivity contribution in [1.29, 1.82) is 0 Å². The lowest BCUT2D eigenvalue weighted by Crippen LogP contribution is -2.50. The lowest BCUT2D eigenvalue weighted by atomic mass is 9.92. The highest BCUT2D eigenvalue weighted by molar-refractivity contribution is 5.79. The number of carbonyl (C=O) groups is 1. The molecule has 1 amide bonds. The zero-order valence-electron chi connectivity index (χ0n) is 12.4. The standard InChI is InChI=1S/C15H23N5O/c1-16-15(21)12-9-18-19-14(12)13-5-3-7-20(13)10-11-4-2-6-17-8-11/h2,4,6,8,12-14,18-19H,3,5,7,9-10H2,1H3,(H,16,21). The Morgan fingerprint density at radius 2 is 2.48 bits per heavy atom. The number of hydrogen-bond acceptors (Lipinski definition) is 5. The highest BCUT2D eigenvalue weighted by Crippen LogP contribution is 2.27. The summed E-state index contributed by atoms with van der Waals surface area (Å²) in [5.41, 5.74) is 7.69. The highest BCUT2D eigenvalue weighted by atomic mass is 16.2. The predicted octanol–water partition coefficient (Wildman–Crippen LogP) is -0.115. The summed E-state index contributed by atoms with van der Waals surface area (Å²) in [6.07, 6.45) is 6.04. The largest absolute Gasteiger partial charge is 0.359 e. The second-order valence-electron chi connectivity index (χ2n) is 5.81. The van der Waals surface area contributed by atoms with E-state index in [-0.39, 0.29) is 17.9 Å². The van der Waals surface area contributed by atoms with Crippen LogP contribution in [0.4, 0.5) is 0 Å². The third-order valence-electron chi connectivity index (χ3n) is 4.54. The summed E-state index contributed by atoms with van der Waals surface area (Å²) in [7, 11) is 1.71. The fourth-order valence-electron chi connectivity index (χ4n) is 3.50. The second kappa shape index (κ2) is 6.51. The molecule has 1 aromatic rings. The number of nitrogens with one attached hydrogen (secondary N) is 3. The minimum absolute atomic E-state index is 0.00509. The molecule has 3 unspecified atom stereocenters. The summed E-state index contributed by atoms with van der Waals surface area (Å²) < 4.78 is 0. The first-order valence-corrected chi connectivity index (χ1v) is 7.62. The van der Waals surface area contributed by atoms with Gasteiger partial charge in [-0.2, -0.15) is 0 Å². The summed E-state index contributed by atoms with van der Waals surface area (Å²) >= 11 is 0. The van der Waals surface area contributed by atoms with Crippen LogP contribution in [0.2, 0.25) is 0 Å². The zero-order chi connectivity index (χ0) is 14.7. The molecular formula is C15H23N5O. The number of pyridine rings is 1. The molecule has 3 atom stereocenters. The zero-order valence-corrected chi connectivity index (χ0v) is 12.4. The summed E-state index contributed by atoms with van der Waals surface area (Å²) in [6, 6.07) is 4.65. The fourth-order valence-corrected chi connectivity index (χ4v) is 3.50. The first-order chi connectivity index (χ1) is 10.3. The SMILES string of the molecule is CNC(=O)C1CNNC1C1CCCN1Cc1cccnc1. The molecule has 0 spiro atoms. The van der Waals surface area contributed by atoms with Crippen LogP contribution in [0.15, 0.2) is 24.5 Å². The molecule has 6 nitrogen and oxygen atoms in total. The van der Waals surface area contributed by atoms with Gasteiger partial charge in [-0.15, -0.1) is 0 Å². The molecule has 0 saturated carbocycles. The van der Waals surface area contributed by atoms with Gasteiger partial charge in [0.25, 0.3) is 0 Å². The van der Waals surface area contributed by atoms with Crippen LogP contribution in [-0.4, -0.2) is 48.0 Å². The van der Waals surface area contributed by atoms with Crippen molar-refractivity contribution in [2.24, 2.45) is 5.92 Å². The van der Waals surface area contributed by atoms with E-state index in [1.165, 1.54) is 12.0 Å². The van der Waals surface area contributed by atoms with Crippen LogP contribution >= 0.6 is 0 Å². The van der Waals surface area contributed by atoms with E-state index < -0.39 is 0 Å². The average molecular weight is 289 g/mol. The molecule has 3 N–H and O–H groups in total. The van der Waals surface area contributed by atoms with E-state index in [0.29, 0.717) is 12.6 Å². The number of carbonyl (C=O) groups excluding carboxylic acids is 1. The van der Waals surface area contributed by atoms with Crippen molar-refractivity contribution < 1.29 is 4.79 Å². The number of amides is 1. The Kier molecular flexibility index (Phi) is 4.48. The van der Waals surface area contributed by atoms with E-state index in [1.54, 1.807) is 13.2 Å². The van der Waals surface area contributed by atoms with E-state index in [4.69, 9.17) is 0 Å². The lowest BCUT2D eigenvalue weighted by molar-refractivity contribution is -0.124. The Balaban J connectivity index is 1.70. The average Bonchev–Trinajstić information content (AvgIpc) is 3.16. The third kappa shape index (κ3) is 3.07. The molecular weight excluding hydrogens is 266 g/mol. The van der Waals surface area contributed by atoms with Crippen molar-refractivity contribution in [2.75, 3.05) is 20.1 Å². The van der Waals surface area contributed by atoms with Crippen LogP contribution in [0, 0.1) is 5.92 Å². The monoisotopic (exact) mass is 289 g/mol. The highest BCUT2D eigenvalue weighted by Gasteiger charge is 2.41. The quantitative estimate of drug-likeness (QED) is 0.721. The predicted molar refractivity (Wildman–Crippen MR) is 80.2 cm³/mol. The molecule has 3 heterocycles. The molecule has 2 aliphatic heterocycles. The minimum Gasteiger partial charge on any atom is -0.359 e. The van der Waals surface area contributed by atoms with Crippen molar-refractivity contribution in [3.8, 4) is 0 Å². The number of nitrogens with zero attached hydrogens (tertiary/aromatic N) is 2. The normalized spacial score (nSPS) is 29.7. The Morgan fingerprint density at radius 1 is 1.57 bits per heavy atom. The number of aromatic nitrogens is 1. The first kappa shape index (κ1) is 14.4. The third-order valence-corrected chi connectivity index (χ3v) is 4.54. The Hall–Kier alpha value is -1.50. The Morgan fingerprint density at radius 3 is 3.24 bits per heavy atom. The summed E-state index contributed by atoms with van der Waals surface area (Å²) in [5, 5.41) is 2.78. The molecule has 2 fully saturated rings. The maximum absolute atomic E-state index is 12.0. The Bertz CT molecular complexity index is 480. The van der Waals surface area contributed by atoms with Gasteiger partial charge in [0.1, 0.15) is 0 Å². The van der Waals surface area contributed by atoms with Gasteiger partial charge in [-0.1, -0.05) is 6.07 Å². The van der Waals surface area contributed by atoms with Gasteiger partial charge in [0.05, 0.1) is 5.92 Å². The molecule has 0 aromatic carbocycles. The first-order valence-electron chi connectivity index (χ1n) is 7.62. The minimum atomic E-state index is -0.00509. The molecule has 21 heavy (non-hydrogen) atoms. The van der Waals surface area contributed by atoms with Gasteiger partial charge in [-0.05, 0) is 31.0 Å². The van der Waals surface area contributed by atoms with Gasteiger partial charge in [0, 0.05) is 44.6 Å². The number of hydrazine groups is 1. The van der Waals surface area contributed by atoms with Gasteiger partial charge in [-0.25, -0.2) is 0 Å². The van der Waals surface area contributed by atoms with E-state index in [0.717, 1.165) is 19.5 Å². The van der Waals surface area contributed by atoms with Gasteiger partial charge < -0.3 is 5.32 Å². The van der Waals surface area contributed by atoms with Crippen LogP contribution < -0.4 is 16.2 Å². The molecule has 0 bridgehead atoms. The Labute approximate surface area is 125 Å². The smallest absolute Gasteiger partial charge is 0.225 e. The number of rotatable bonds is 4. The molecule has 1 aromatic heterocycles. The van der Waals surface area contributed by atoms with Crippen LogP contribution in [0.3, 0.4) is 0 Å². The number of likely N-dealkylation sites (tertiary alicyclic amines) is 1. The lowest BCUT2D eigenvalue weighted by Gasteiger charge is -2.31. The molecule has 114 valence electrons. The van der Waals surface area contributed by atoms with E-state index in [2.05, 4.69) is 32.1 Å². The van der Waals surface area contributed by atoms with Crippen LogP contribution in [0.5, 0.6) is 0 Å². The van der Waals surface area contributed by atoms with Crippen LogP contribution in [0.1, 0.15) is 18.4 Å². The van der Waals surface area contributed by atoms with Crippen molar-refractivity contribution in [2.45, 2.75) is 31.5 Å². The van der Waals surface area contributed by atoms with E-state index >= 15 is 0 Å². The van der Waals surface area contributed by atoms with Crippen molar-refractivity contribution in [1.82, 2.24) is 26.1 Å². The van der Waals surface area contributed by atoms with Crippen molar-refractivity contribution in [3.05, 3.63) is 30.1 Å². The molecule has 0 radical (unpaired) electrons. The second-order valence-corrected chi connectivity index (χ2v) is 5.81. The van der Waals surface area contributed by atoms with Crippen molar-refractivity contribution in [3.63, 3.8) is 0 Å².